The van der Waals surface area contributed by atoms with Gasteiger partial charge in [-0.15, -0.1) is 12.4 Å². The molecule has 0 spiro atoms. The molecule has 1 aromatic heterocycles. The number of nitrogens with two attached hydrogens (primary N) is 1. The van der Waals surface area contributed by atoms with Crippen molar-refractivity contribution in [1.82, 2.24) is 4.98 Å². The van der Waals surface area contributed by atoms with E-state index in [0.717, 1.165) is 0 Å². The Morgan fingerprint density at radius 2 is 2.08 bits per heavy atom. The monoisotopic (exact) mass is 196 g/mol. The molecule has 0 fully saturated rings. The molecule has 0 amide bonds. The summed E-state index contributed by atoms with van der Waals surface area (Å²) in [5.74, 6) is 0. The SMILES string of the molecule is Cc1cc2cc(CN)ccc2[nH]1.Cl. The predicted molar refractivity (Wildman–Crippen MR) is 58.2 cm³/mol. The Labute approximate surface area is 83.5 Å². The van der Waals surface area contributed by atoms with Crippen molar-refractivity contribution in [2.24, 2.45) is 5.73 Å². The van der Waals surface area contributed by atoms with E-state index in [4.69, 9.17) is 5.73 Å². The van der Waals surface area contributed by atoms with Gasteiger partial charge in [-0.05, 0) is 36.1 Å². The van der Waals surface area contributed by atoms with Gasteiger partial charge in [-0.3, -0.25) is 0 Å². The van der Waals surface area contributed by atoms with Gasteiger partial charge in [-0.1, -0.05) is 6.07 Å². The summed E-state index contributed by atoms with van der Waals surface area (Å²) in [7, 11) is 0. The molecular formula is C10H13ClN2. The van der Waals surface area contributed by atoms with E-state index < -0.39 is 0 Å². The number of fused-ring (bicyclic) bond motifs is 1. The highest BCUT2D eigenvalue weighted by molar-refractivity contribution is 5.85. The van der Waals surface area contributed by atoms with Crippen LogP contribution in [0.1, 0.15) is 11.3 Å². The lowest BCUT2D eigenvalue weighted by Crippen LogP contribution is -1.94. The third-order valence-electron chi connectivity index (χ3n) is 2.06. The third kappa shape index (κ3) is 1.85. The number of aryl methyl sites for hydroxylation is 1. The van der Waals surface area contributed by atoms with Gasteiger partial charge in [-0.25, -0.2) is 0 Å². The third-order valence-corrected chi connectivity index (χ3v) is 2.06. The maximum atomic E-state index is 5.54. The van der Waals surface area contributed by atoms with E-state index in [1.54, 1.807) is 0 Å². The summed E-state index contributed by atoms with van der Waals surface area (Å²) in [4.78, 5) is 3.27. The first-order chi connectivity index (χ1) is 5.79. The Bertz CT molecular complexity index is 406. The van der Waals surface area contributed by atoms with Crippen LogP contribution in [0.25, 0.3) is 10.9 Å². The minimum atomic E-state index is 0. The van der Waals surface area contributed by atoms with E-state index in [-0.39, 0.29) is 12.4 Å². The van der Waals surface area contributed by atoms with Crippen molar-refractivity contribution in [3.05, 3.63) is 35.5 Å². The minimum absolute atomic E-state index is 0. The molecule has 2 aromatic rings. The van der Waals surface area contributed by atoms with Crippen LogP contribution in [0.3, 0.4) is 0 Å². The number of hydrogen-bond acceptors (Lipinski definition) is 1. The van der Waals surface area contributed by atoms with Crippen molar-refractivity contribution in [1.29, 1.82) is 0 Å². The van der Waals surface area contributed by atoms with E-state index in [9.17, 15) is 0 Å². The van der Waals surface area contributed by atoms with E-state index in [0.29, 0.717) is 6.54 Å². The average Bonchev–Trinajstić information content (AvgIpc) is 2.43. The standard InChI is InChI=1S/C10H12N2.ClH/c1-7-4-9-5-8(6-11)2-3-10(9)12-7;/h2-5,12H,6,11H2,1H3;1H. The van der Waals surface area contributed by atoms with Gasteiger partial charge in [0.1, 0.15) is 0 Å². The molecule has 13 heavy (non-hydrogen) atoms. The van der Waals surface area contributed by atoms with Gasteiger partial charge in [0.05, 0.1) is 0 Å². The van der Waals surface area contributed by atoms with Crippen LogP contribution >= 0.6 is 12.4 Å². The topological polar surface area (TPSA) is 41.8 Å². The molecule has 0 aliphatic heterocycles. The minimum Gasteiger partial charge on any atom is -0.359 e. The van der Waals surface area contributed by atoms with E-state index >= 15 is 0 Å². The molecule has 0 saturated carbocycles. The molecular weight excluding hydrogens is 184 g/mol. The quantitative estimate of drug-likeness (QED) is 0.723. The van der Waals surface area contributed by atoms with E-state index in [2.05, 4.69) is 36.2 Å². The first kappa shape index (κ1) is 10.1. The molecule has 3 N–H and O–H groups in total. The summed E-state index contributed by atoms with van der Waals surface area (Å²) in [6, 6.07) is 8.39. The number of aromatic amines is 1. The van der Waals surface area contributed by atoms with Gasteiger partial charge in [0.25, 0.3) is 0 Å². The number of halogens is 1. The first-order valence-electron chi connectivity index (χ1n) is 4.08. The largest absolute Gasteiger partial charge is 0.359 e. The first-order valence-corrected chi connectivity index (χ1v) is 4.08. The van der Waals surface area contributed by atoms with Gasteiger partial charge in [0, 0.05) is 17.8 Å². The fourth-order valence-electron chi connectivity index (χ4n) is 1.45. The Hall–Kier alpha value is -0.990. The van der Waals surface area contributed by atoms with E-state index in [1.165, 1.54) is 22.2 Å². The van der Waals surface area contributed by atoms with E-state index in [1.807, 2.05) is 0 Å². The number of rotatable bonds is 1. The van der Waals surface area contributed by atoms with Crippen LogP contribution in [-0.2, 0) is 6.54 Å². The zero-order chi connectivity index (χ0) is 8.55. The van der Waals surface area contributed by atoms with Gasteiger partial charge >= 0.3 is 0 Å². The van der Waals surface area contributed by atoms with Gasteiger partial charge in [0.2, 0.25) is 0 Å². The molecule has 0 saturated heterocycles. The molecule has 1 aromatic carbocycles. The summed E-state index contributed by atoms with van der Waals surface area (Å²) < 4.78 is 0. The Morgan fingerprint density at radius 3 is 2.77 bits per heavy atom. The van der Waals surface area contributed by atoms with Crippen LogP contribution in [-0.4, -0.2) is 4.98 Å². The lowest BCUT2D eigenvalue weighted by molar-refractivity contribution is 1.08. The Kier molecular flexibility index (Phi) is 2.96. The highest BCUT2D eigenvalue weighted by Gasteiger charge is 1.97. The normalized spacial score (nSPS) is 10.0. The summed E-state index contributed by atoms with van der Waals surface area (Å²) in [5.41, 5.74) is 9.10. The summed E-state index contributed by atoms with van der Waals surface area (Å²) >= 11 is 0. The lowest BCUT2D eigenvalue weighted by atomic mass is 10.1. The molecule has 3 heteroatoms. The van der Waals surface area contributed by atoms with Gasteiger partial charge in [-0.2, -0.15) is 0 Å². The second kappa shape index (κ2) is 3.81. The van der Waals surface area contributed by atoms with Crippen LogP contribution < -0.4 is 5.73 Å². The van der Waals surface area contributed by atoms with Crippen LogP contribution in [0.5, 0.6) is 0 Å². The molecule has 0 radical (unpaired) electrons. The molecule has 0 atom stereocenters. The van der Waals surface area contributed by atoms with Crippen molar-refractivity contribution in [3.8, 4) is 0 Å². The van der Waals surface area contributed by atoms with Crippen molar-refractivity contribution >= 4 is 23.3 Å². The molecule has 0 bridgehead atoms. The van der Waals surface area contributed by atoms with Gasteiger partial charge < -0.3 is 10.7 Å². The van der Waals surface area contributed by atoms with Crippen molar-refractivity contribution < 1.29 is 0 Å². The second-order valence-corrected chi connectivity index (χ2v) is 3.08. The Balaban J connectivity index is 0.000000845. The van der Waals surface area contributed by atoms with Gasteiger partial charge in [0.15, 0.2) is 0 Å². The second-order valence-electron chi connectivity index (χ2n) is 3.08. The van der Waals surface area contributed by atoms with Crippen LogP contribution in [0.4, 0.5) is 0 Å². The molecule has 0 aliphatic rings. The van der Waals surface area contributed by atoms with Crippen LogP contribution in [0, 0.1) is 6.92 Å². The molecule has 2 nitrogen and oxygen atoms in total. The van der Waals surface area contributed by atoms with Crippen molar-refractivity contribution in [3.63, 3.8) is 0 Å². The zero-order valence-electron chi connectivity index (χ0n) is 7.50. The fourth-order valence-corrected chi connectivity index (χ4v) is 1.45. The molecule has 0 aliphatic carbocycles. The smallest absolute Gasteiger partial charge is 0.0456 e. The maximum Gasteiger partial charge on any atom is 0.0456 e. The molecule has 2 rings (SSSR count). The number of benzene rings is 1. The lowest BCUT2D eigenvalue weighted by Gasteiger charge is -1.94. The van der Waals surface area contributed by atoms with Crippen LogP contribution in [0.2, 0.25) is 0 Å². The summed E-state index contributed by atoms with van der Waals surface area (Å²) in [5, 5.41) is 1.25. The fraction of sp³-hybridized carbons (Fsp3) is 0.200. The highest BCUT2D eigenvalue weighted by Crippen LogP contribution is 2.16. The molecule has 0 unspecified atom stereocenters. The van der Waals surface area contributed by atoms with Crippen LogP contribution in [0.15, 0.2) is 24.3 Å². The zero-order valence-corrected chi connectivity index (χ0v) is 8.32. The number of hydrogen-bond donors (Lipinski definition) is 2. The average molecular weight is 197 g/mol. The number of nitrogens with one attached hydrogen (secondary N) is 1. The summed E-state index contributed by atoms with van der Waals surface area (Å²) in [6.45, 7) is 2.67. The molecule has 1 heterocycles. The van der Waals surface area contributed by atoms with Crippen molar-refractivity contribution in [2.45, 2.75) is 13.5 Å². The number of H-pyrrole nitrogens is 1. The predicted octanol–water partition coefficient (Wildman–Crippen LogP) is 2.36. The van der Waals surface area contributed by atoms with Crippen molar-refractivity contribution in [2.75, 3.05) is 0 Å². The number of aromatic nitrogens is 1. The summed E-state index contributed by atoms with van der Waals surface area (Å²) in [6.07, 6.45) is 0. The highest BCUT2D eigenvalue weighted by atomic mass is 35.5. The molecule has 70 valence electrons. The maximum absolute atomic E-state index is 5.54. The Morgan fingerprint density at radius 1 is 1.31 bits per heavy atom.